The molecule has 0 atom stereocenters. The van der Waals surface area contributed by atoms with E-state index in [2.05, 4.69) is 5.32 Å². The van der Waals surface area contributed by atoms with Gasteiger partial charge in [-0.05, 0) is 53.9 Å². The third kappa shape index (κ3) is 4.22. The highest BCUT2D eigenvalue weighted by molar-refractivity contribution is 6.32. The highest BCUT2D eigenvalue weighted by Crippen LogP contribution is 2.38. The summed E-state index contributed by atoms with van der Waals surface area (Å²) in [5.74, 6) is 0.356. The number of carbonyl (C=O) groups is 3. The van der Waals surface area contributed by atoms with Crippen LogP contribution in [0.1, 0.15) is 42.2 Å². The maximum atomic E-state index is 12.5. The molecule has 2 heterocycles. The Kier molecular flexibility index (Phi) is 5.94. The summed E-state index contributed by atoms with van der Waals surface area (Å²) in [5, 5.41) is 3.39. The van der Waals surface area contributed by atoms with E-state index in [1.807, 2.05) is 12.1 Å². The first kappa shape index (κ1) is 22.0. The van der Waals surface area contributed by atoms with Gasteiger partial charge in [0.05, 0.1) is 22.7 Å². The van der Waals surface area contributed by atoms with Crippen molar-refractivity contribution in [3.05, 3.63) is 93.5 Å². The number of imide groups is 1. The normalized spacial score (nSPS) is 14.2. The Morgan fingerprint density at radius 1 is 0.912 bits per heavy atom. The zero-order valence-corrected chi connectivity index (χ0v) is 18.9. The van der Waals surface area contributed by atoms with Crippen LogP contribution in [-0.2, 0) is 13.0 Å². The van der Waals surface area contributed by atoms with Crippen molar-refractivity contribution in [2.45, 2.75) is 13.0 Å². The van der Waals surface area contributed by atoms with Crippen LogP contribution >= 0.6 is 11.6 Å². The van der Waals surface area contributed by atoms with Crippen molar-refractivity contribution in [2.24, 2.45) is 0 Å². The fourth-order valence-electron chi connectivity index (χ4n) is 4.06. The minimum absolute atomic E-state index is 0.152. The molecule has 3 amide bonds. The van der Waals surface area contributed by atoms with Crippen molar-refractivity contribution in [1.82, 2.24) is 10.2 Å². The molecule has 3 aromatic rings. The summed E-state index contributed by atoms with van der Waals surface area (Å²) in [6, 6.07) is 17.3. The van der Waals surface area contributed by atoms with E-state index < -0.39 is 0 Å². The number of fused-ring (bicyclic) bond motifs is 2. The van der Waals surface area contributed by atoms with Crippen molar-refractivity contribution in [2.75, 3.05) is 19.8 Å². The van der Waals surface area contributed by atoms with Gasteiger partial charge >= 0.3 is 0 Å². The first-order chi connectivity index (χ1) is 16.5. The molecular formula is C26H21ClN2O5. The fraction of sp³-hybridized carbons (Fsp3) is 0.192. The summed E-state index contributed by atoms with van der Waals surface area (Å²) in [7, 11) is 0. The SMILES string of the molecule is O=C(NCCc1cc(Cl)c2c(c1)OCCO2)c1ccc(CN2C(=O)c3ccccc3C2=O)cc1. The van der Waals surface area contributed by atoms with Crippen LogP contribution in [0.5, 0.6) is 11.5 Å². The van der Waals surface area contributed by atoms with Gasteiger partial charge in [0.15, 0.2) is 11.5 Å². The van der Waals surface area contributed by atoms with Gasteiger partial charge in [-0.15, -0.1) is 0 Å². The summed E-state index contributed by atoms with van der Waals surface area (Å²) in [5.41, 5.74) is 3.03. The Morgan fingerprint density at radius 2 is 1.59 bits per heavy atom. The minimum atomic E-state index is -0.304. The average molecular weight is 477 g/mol. The van der Waals surface area contributed by atoms with E-state index in [0.717, 1.165) is 11.1 Å². The monoisotopic (exact) mass is 476 g/mol. The number of ether oxygens (including phenoxy) is 2. The molecule has 2 aliphatic rings. The smallest absolute Gasteiger partial charge is 0.261 e. The van der Waals surface area contributed by atoms with Crippen LogP contribution in [0.4, 0.5) is 0 Å². The first-order valence-corrected chi connectivity index (χ1v) is 11.3. The molecule has 0 bridgehead atoms. The van der Waals surface area contributed by atoms with Crippen molar-refractivity contribution in [3.8, 4) is 11.5 Å². The molecule has 34 heavy (non-hydrogen) atoms. The van der Waals surface area contributed by atoms with E-state index in [1.54, 1.807) is 48.5 Å². The Morgan fingerprint density at radius 3 is 2.29 bits per heavy atom. The number of amides is 3. The molecule has 5 rings (SSSR count). The number of carbonyl (C=O) groups excluding carboxylic acids is 3. The van der Waals surface area contributed by atoms with E-state index in [0.29, 0.717) is 59.4 Å². The molecule has 7 nitrogen and oxygen atoms in total. The van der Waals surface area contributed by atoms with E-state index in [9.17, 15) is 14.4 Å². The zero-order chi connectivity index (χ0) is 23.7. The van der Waals surface area contributed by atoms with Gasteiger partial charge in [0.2, 0.25) is 0 Å². The van der Waals surface area contributed by atoms with Gasteiger partial charge in [-0.2, -0.15) is 0 Å². The Bertz CT molecular complexity index is 1250. The third-order valence-corrected chi connectivity index (χ3v) is 6.07. The lowest BCUT2D eigenvalue weighted by Crippen LogP contribution is -2.29. The number of benzene rings is 3. The van der Waals surface area contributed by atoms with Crippen LogP contribution in [0.15, 0.2) is 60.7 Å². The van der Waals surface area contributed by atoms with Crippen LogP contribution in [0.2, 0.25) is 5.02 Å². The highest BCUT2D eigenvalue weighted by atomic mass is 35.5. The molecule has 0 saturated carbocycles. The standard InChI is InChI=1S/C26H21ClN2O5/c27-21-13-17(14-22-23(21)34-12-11-33-22)9-10-28-24(30)18-7-5-16(6-8-18)15-29-25(31)19-3-1-2-4-20(19)26(29)32/h1-8,13-14H,9-12,15H2,(H,28,30). The Labute approximate surface area is 201 Å². The first-order valence-electron chi connectivity index (χ1n) is 10.9. The fourth-order valence-corrected chi connectivity index (χ4v) is 4.35. The van der Waals surface area contributed by atoms with Gasteiger partial charge in [-0.3, -0.25) is 19.3 Å². The maximum Gasteiger partial charge on any atom is 0.261 e. The average Bonchev–Trinajstić information content (AvgIpc) is 3.09. The van der Waals surface area contributed by atoms with Crippen LogP contribution in [-0.4, -0.2) is 42.4 Å². The number of nitrogens with one attached hydrogen (secondary N) is 1. The maximum absolute atomic E-state index is 12.5. The molecular weight excluding hydrogens is 456 g/mol. The van der Waals surface area contributed by atoms with Gasteiger partial charge in [0.1, 0.15) is 13.2 Å². The van der Waals surface area contributed by atoms with Gasteiger partial charge in [0, 0.05) is 12.1 Å². The number of halogens is 1. The van der Waals surface area contributed by atoms with E-state index in [1.165, 1.54) is 4.90 Å². The molecule has 0 saturated heterocycles. The second-order valence-electron chi connectivity index (χ2n) is 8.05. The number of nitrogens with zero attached hydrogens (tertiary/aromatic N) is 1. The van der Waals surface area contributed by atoms with Gasteiger partial charge < -0.3 is 14.8 Å². The summed E-state index contributed by atoms with van der Waals surface area (Å²) in [6.07, 6.45) is 0.583. The van der Waals surface area contributed by atoms with Gasteiger partial charge in [-0.1, -0.05) is 35.9 Å². The molecule has 0 radical (unpaired) electrons. The summed E-state index contributed by atoms with van der Waals surface area (Å²) >= 11 is 6.27. The largest absolute Gasteiger partial charge is 0.486 e. The van der Waals surface area contributed by atoms with E-state index in [4.69, 9.17) is 21.1 Å². The molecule has 0 fully saturated rings. The third-order valence-electron chi connectivity index (χ3n) is 5.79. The van der Waals surface area contributed by atoms with E-state index in [-0.39, 0.29) is 24.3 Å². The van der Waals surface area contributed by atoms with Gasteiger partial charge in [-0.25, -0.2) is 0 Å². The van der Waals surface area contributed by atoms with Crippen molar-refractivity contribution >= 4 is 29.3 Å². The second-order valence-corrected chi connectivity index (χ2v) is 8.45. The van der Waals surface area contributed by atoms with Crippen molar-refractivity contribution in [1.29, 1.82) is 0 Å². The molecule has 172 valence electrons. The highest BCUT2D eigenvalue weighted by Gasteiger charge is 2.34. The predicted molar refractivity (Wildman–Crippen MR) is 126 cm³/mol. The van der Waals surface area contributed by atoms with Crippen LogP contribution in [0.3, 0.4) is 0 Å². The molecule has 2 aliphatic heterocycles. The topological polar surface area (TPSA) is 84.9 Å². The number of hydrogen-bond donors (Lipinski definition) is 1. The molecule has 0 spiro atoms. The van der Waals surface area contributed by atoms with E-state index >= 15 is 0 Å². The second kappa shape index (κ2) is 9.19. The molecule has 0 unspecified atom stereocenters. The molecule has 0 aromatic heterocycles. The zero-order valence-electron chi connectivity index (χ0n) is 18.2. The Balaban J connectivity index is 1.17. The summed E-state index contributed by atoms with van der Waals surface area (Å²) in [6.45, 7) is 1.52. The Hall–Kier alpha value is -3.84. The van der Waals surface area contributed by atoms with Crippen molar-refractivity contribution < 1.29 is 23.9 Å². The molecule has 1 N–H and O–H groups in total. The van der Waals surface area contributed by atoms with Crippen LogP contribution in [0, 0.1) is 0 Å². The van der Waals surface area contributed by atoms with Crippen LogP contribution < -0.4 is 14.8 Å². The molecule has 3 aromatic carbocycles. The van der Waals surface area contributed by atoms with Gasteiger partial charge in [0.25, 0.3) is 17.7 Å². The summed E-state index contributed by atoms with van der Waals surface area (Å²) in [4.78, 5) is 38.8. The lowest BCUT2D eigenvalue weighted by Gasteiger charge is -2.20. The quantitative estimate of drug-likeness (QED) is 0.546. The lowest BCUT2D eigenvalue weighted by atomic mass is 10.1. The lowest BCUT2D eigenvalue weighted by molar-refractivity contribution is 0.0641. The van der Waals surface area contributed by atoms with Crippen LogP contribution in [0.25, 0.3) is 0 Å². The minimum Gasteiger partial charge on any atom is -0.486 e. The molecule has 8 heteroatoms. The molecule has 0 aliphatic carbocycles. The number of hydrogen-bond acceptors (Lipinski definition) is 5. The number of rotatable bonds is 6. The van der Waals surface area contributed by atoms with Crippen molar-refractivity contribution in [3.63, 3.8) is 0 Å². The summed E-state index contributed by atoms with van der Waals surface area (Å²) < 4.78 is 11.1. The predicted octanol–water partition coefficient (Wildman–Crippen LogP) is 3.88.